The van der Waals surface area contributed by atoms with E-state index in [1.54, 1.807) is 11.7 Å². The highest BCUT2D eigenvalue weighted by Gasteiger charge is 2.32. The van der Waals surface area contributed by atoms with Crippen LogP contribution in [0.3, 0.4) is 0 Å². The fourth-order valence-corrected chi connectivity index (χ4v) is 4.97. The lowest BCUT2D eigenvalue weighted by molar-refractivity contribution is -0.623. The third kappa shape index (κ3) is 4.44. The van der Waals surface area contributed by atoms with Crippen LogP contribution in [-0.2, 0) is 10.8 Å². The molecular weight excluding hydrogens is 458 g/mol. The molecule has 186 valence electrons. The van der Waals surface area contributed by atoms with Crippen molar-refractivity contribution in [2.24, 2.45) is 0 Å². The molecule has 0 aliphatic rings. The van der Waals surface area contributed by atoms with Gasteiger partial charge in [0.15, 0.2) is 11.8 Å². The monoisotopic (exact) mass is 490 g/mol. The molecule has 0 amide bonds. The second kappa shape index (κ2) is 9.36. The second-order valence-electron chi connectivity index (χ2n) is 10.5. The van der Waals surface area contributed by atoms with E-state index in [0.29, 0.717) is 11.3 Å². The quantitative estimate of drug-likeness (QED) is 0.248. The van der Waals surface area contributed by atoms with E-state index in [9.17, 15) is 4.79 Å². The highest BCUT2D eigenvalue weighted by atomic mass is 16.5. The van der Waals surface area contributed by atoms with Crippen molar-refractivity contribution in [1.29, 1.82) is 0 Å². The van der Waals surface area contributed by atoms with Gasteiger partial charge in [-0.2, -0.15) is 4.79 Å². The zero-order valence-corrected chi connectivity index (χ0v) is 22.0. The van der Waals surface area contributed by atoms with Crippen LogP contribution in [0.25, 0.3) is 16.7 Å². The first-order chi connectivity index (χ1) is 17.7. The maximum atomic E-state index is 13.3. The lowest BCUT2D eigenvalue weighted by atomic mass is 9.72. The molecule has 4 heteroatoms. The van der Waals surface area contributed by atoms with E-state index in [0.717, 1.165) is 27.8 Å². The zero-order valence-electron chi connectivity index (χ0n) is 22.0. The normalized spacial score (nSPS) is 12.0. The molecule has 0 saturated carbocycles. The fraction of sp³-hybridized carbons (Fsp3) is 0.212. The Morgan fingerprint density at radius 2 is 1.27 bits per heavy atom. The summed E-state index contributed by atoms with van der Waals surface area (Å²) in [7, 11) is 1.62. The smallest absolute Gasteiger partial charge is 0.497 e. The Morgan fingerprint density at radius 3 is 1.84 bits per heavy atom. The van der Waals surface area contributed by atoms with Gasteiger partial charge >= 0.3 is 5.76 Å². The molecule has 1 heterocycles. The summed E-state index contributed by atoms with van der Waals surface area (Å²) in [5.41, 5.74) is 5.17. The third-order valence-electron chi connectivity index (χ3n) is 7.51. The first kappa shape index (κ1) is 24.5. The molecule has 0 bridgehead atoms. The predicted octanol–water partition coefficient (Wildman–Crippen LogP) is 6.73. The van der Waals surface area contributed by atoms with Crippen LogP contribution in [0.4, 0.5) is 0 Å². The van der Waals surface area contributed by atoms with E-state index >= 15 is 0 Å². The van der Waals surface area contributed by atoms with Crippen molar-refractivity contribution in [2.45, 2.75) is 38.5 Å². The highest BCUT2D eigenvalue weighted by Crippen LogP contribution is 2.40. The molecule has 5 aromatic rings. The average Bonchev–Trinajstić information content (AvgIpc) is 2.93. The number of aromatic nitrogens is 1. The van der Waals surface area contributed by atoms with Gasteiger partial charge in [0, 0.05) is 28.5 Å². The molecule has 0 aliphatic carbocycles. The Labute approximate surface area is 217 Å². The van der Waals surface area contributed by atoms with Gasteiger partial charge in [-0.3, -0.25) is 0 Å². The minimum absolute atomic E-state index is 0.266. The van der Waals surface area contributed by atoms with Crippen molar-refractivity contribution in [1.82, 2.24) is 0 Å². The lowest BCUT2D eigenvalue weighted by Crippen LogP contribution is -2.46. The first-order valence-electron chi connectivity index (χ1n) is 12.5. The predicted molar refractivity (Wildman–Crippen MR) is 148 cm³/mol. The van der Waals surface area contributed by atoms with E-state index < -0.39 is 11.2 Å². The molecule has 0 unspecified atom stereocenters. The van der Waals surface area contributed by atoms with Crippen molar-refractivity contribution in [2.75, 3.05) is 7.11 Å². The number of fused-ring (bicyclic) bond motifs is 1. The maximum Gasteiger partial charge on any atom is 0.608 e. The van der Waals surface area contributed by atoms with Crippen molar-refractivity contribution >= 4 is 11.0 Å². The molecule has 0 spiro atoms. The summed E-state index contributed by atoms with van der Waals surface area (Å²) >= 11 is 0. The van der Waals surface area contributed by atoms with Crippen LogP contribution in [0.15, 0.2) is 112 Å². The minimum atomic E-state index is -0.433. The number of ether oxygens (including phenoxy) is 1. The number of rotatable bonds is 6. The SMILES string of the molecule is COc1ccc(-[n+]2cc3cc(C(C)(C)c4ccccc4)cc(C(C)(C)c4ccccc4)c3oc2=O)cc1. The van der Waals surface area contributed by atoms with E-state index in [1.165, 1.54) is 5.56 Å². The molecule has 5 rings (SSSR count). The van der Waals surface area contributed by atoms with E-state index in [2.05, 4.69) is 76.2 Å². The van der Waals surface area contributed by atoms with Crippen molar-refractivity contribution in [3.8, 4) is 11.4 Å². The molecule has 1 aromatic heterocycles. The summed E-state index contributed by atoms with van der Waals surface area (Å²) in [5.74, 6) is 0.297. The Kier molecular flexibility index (Phi) is 6.20. The van der Waals surface area contributed by atoms with Crippen LogP contribution in [0.2, 0.25) is 0 Å². The number of nitrogens with zero attached hydrogens (tertiary/aromatic N) is 1. The first-order valence-corrected chi connectivity index (χ1v) is 12.5. The van der Waals surface area contributed by atoms with Crippen molar-refractivity contribution in [3.63, 3.8) is 0 Å². The van der Waals surface area contributed by atoms with Gasteiger partial charge in [0.05, 0.1) is 12.5 Å². The Bertz CT molecular complexity index is 1600. The van der Waals surface area contributed by atoms with Crippen LogP contribution in [-0.4, -0.2) is 7.11 Å². The third-order valence-corrected chi connectivity index (χ3v) is 7.51. The highest BCUT2D eigenvalue weighted by molar-refractivity contribution is 5.82. The lowest BCUT2D eigenvalue weighted by Gasteiger charge is -2.31. The van der Waals surface area contributed by atoms with Crippen molar-refractivity contribution in [3.05, 3.63) is 136 Å². The number of hydrogen-bond donors (Lipinski definition) is 0. The minimum Gasteiger partial charge on any atom is -0.497 e. The van der Waals surface area contributed by atoms with Gasteiger partial charge in [0.25, 0.3) is 0 Å². The molecule has 0 saturated heterocycles. The molecule has 0 atom stereocenters. The van der Waals surface area contributed by atoms with Gasteiger partial charge < -0.3 is 9.15 Å². The summed E-state index contributed by atoms with van der Waals surface area (Å²) in [5, 5.41) is 0.871. The molecule has 37 heavy (non-hydrogen) atoms. The zero-order chi connectivity index (χ0) is 26.2. The average molecular weight is 491 g/mol. The van der Waals surface area contributed by atoms with Crippen LogP contribution in [0, 0.1) is 0 Å². The summed E-state index contributed by atoms with van der Waals surface area (Å²) in [4.78, 5) is 13.3. The van der Waals surface area contributed by atoms with Gasteiger partial charge in [-0.25, -0.2) is 0 Å². The topological polar surface area (TPSA) is 43.3 Å². The number of benzene rings is 4. The number of methoxy groups -OCH3 is 1. The van der Waals surface area contributed by atoms with E-state index in [-0.39, 0.29) is 5.41 Å². The second-order valence-corrected chi connectivity index (χ2v) is 10.5. The van der Waals surface area contributed by atoms with Gasteiger partial charge in [0.1, 0.15) is 5.75 Å². The van der Waals surface area contributed by atoms with Crippen molar-refractivity contribution < 1.29 is 13.7 Å². The summed E-state index contributed by atoms with van der Waals surface area (Å²) in [6.07, 6.45) is 1.89. The summed E-state index contributed by atoms with van der Waals surface area (Å²) in [6, 6.07) is 32.6. The largest absolute Gasteiger partial charge is 0.608 e. The van der Waals surface area contributed by atoms with E-state index in [1.807, 2.05) is 54.7 Å². The van der Waals surface area contributed by atoms with Gasteiger partial charge in [-0.15, -0.1) is 0 Å². The van der Waals surface area contributed by atoms with Crippen LogP contribution in [0.5, 0.6) is 5.75 Å². The van der Waals surface area contributed by atoms with Crippen LogP contribution < -0.4 is 15.1 Å². The standard InChI is InChI=1S/C33H32NO3/c1-32(2,24-12-8-6-9-13-24)26-20-23-22-34(27-16-18-28(36-5)19-17-27)31(35)37-30(23)29(21-26)33(3,4)25-14-10-7-11-15-25/h6-22H,1-5H3/q+1. The molecule has 0 fully saturated rings. The molecule has 0 radical (unpaired) electrons. The van der Waals surface area contributed by atoms with E-state index in [4.69, 9.17) is 9.15 Å². The van der Waals surface area contributed by atoms with Crippen LogP contribution in [0.1, 0.15) is 49.9 Å². The molecule has 0 aliphatic heterocycles. The van der Waals surface area contributed by atoms with Gasteiger partial charge in [-0.05, 0) is 34.9 Å². The summed E-state index contributed by atoms with van der Waals surface area (Å²) in [6.45, 7) is 8.83. The summed E-state index contributed by atoms with van der Waals surface area (Å²) < 4.78 is 12.9. The molecule has 4 aromatic carbocycles. The number of hydrogen-bond acceptors (Lipinski definition) is 3. The Hall–Kier alpha value is -4.18. The fourth-order valence-electron chi connectivity index (χ4n) is 4.97. The molecular formula is C33H32NO3+. The van der Waals surface area contributed by atoms with Gasteiger partial charge in [-0.1, -0.05) is 99.0 Å². The Morgan fingerprint density at radius 1 is 0.703 bits per heavy atom. The molecule has 4 nitrogen and oxygen atoms in total. The van der Waals surface area contributed by atoms with Crippen LogP contribution >= 0.6 is 0 Å². The Balaban J connectivity index is 1.79. The van der Waals surface area contributed by atoms with Gasteiger partial charge in [0.2, 0.25) is 5.69 Å². The molecule has 0 N–H and O–H groups in total. The maximum absolute atomic E-state index is 13.3.